The third kappa shape index (κ3) is 4.92. The van der Waals surface area contributed by atoms with Crippen molar-refractivity contribution < 1.29 is 13.9 Å². The minimum absolute atomic E-state index is 0.0526. The van der Waals surface area contributed by atoms with E-state index in [4.69, 9.17) is 4.74 Å². The third-order valence-corrected chi connectivity index (χ3v) is 4.75. The van der Waals surface area contributed by atoms with Crippen molar-refractivity contribution in [3.63, 3.8) is 0 Å². The van der Waals surface area contributed by atoms with E-state index < -0.39 is 0 Å². The Kier molecular flexibility index (Phi) is 5.68. The molecule has 1 atom stereocenters. The second-order valence-electron chi connectivity index (χ2n) is 6.64. The van der Waals surface area contributed by atoms with E-state index in [1.807, 2.05) is 6.92 Å². The quantitative estimate of drug-likeness (QED) is 0.820. The number of nitrogens with one attached hydrogen (secondary N) is 1. The van der Waals surface area contributed by atoms with Crippen LogP contribution in [0.1, 0.15) is 19.8 Å². The van der Waals surface area contributed by atoms with Crippen LogP contribution in [-0.2, 0) is 4.79 Å². The summed E-state index contributed by atoms with van der Waals surface area (Å²) in [5.74, 6) is 0.601. The van der Waals surface area contributed by atoms with Gasteiger partial charge in [-0.3, -0.25) is 14.6 Å². The summed E-state index contributed by atoms with van der Waals surface area (Å²) in [4.78, 5) is 16.7. The van der Waals surface area contributed by atoms with Crippen molar-refractivity contribution in [2.45, 2.75) is 31.8 Å². The summed E-state index contributed by atoms with van der Waals surface area (Å²) in [7, 11) is 0. The molecule has 1 aromatic carbocycles. The molecule has 1 aliphatic heterocycles. The van der Waals surface area contributed by atoms with Gasteiger partial charge in [-0.2, -0.15) is 0 Å². The Morgan fingerprint density at radius 3 is 2.54 bits per heavy atom. The molecule has 1 saturated carbocycles. The molecule has 132 valence electrons. The molecule has 0 spiro atoms. The molecular weight excluding hydrogens is 309 g/mol. The summed E-state index contributed by atoms with van der Waals surface area (Å²) >= 11 is 0. The number of hydrogen-bond donors (Lipinski definition) is 1. The van der Waals surface area contributed by atoms with Crippen LogP contribution in [-0.4, -0.2) is 67.1 Å². The molecule has 1 N–H and O–H groups in total. The molecule has 5 nitrogen and oxygen atoms in total. The second kappa shape index (κ2) is 7.94. The molecule has 1 amide bonds. The highest BCUT2D eigenvalue weighted by molar-refractivity contribution is 5.81. The minimum Gasteiger partial charge on any atom is -0.492 e. The lowest BCUT2D eigenvalue weighted by molar-refractivity contribution is -0.126. The number of nitrogens with zero attached hydrogens (tertiary/aromatic N) is 2. The Hall–Kier alpha value is -1.66. The van der Waals surface area contributed by atoms with E-state index in [2.05, 4.69) is 15.1 Å². The van der Waals surface area contributed by atoms with E-state index in [9.17, 15) is 9.18 Å². The van der Waals surface area contributed by atoms with E-state index in [1.165, 1.54) is 12.1 Å². The van der Waals surface area contributed by atoms with E-state index in [-0.39, 0.29) is 17.8 Å². The van der Waals surface area contributed by atoms with E-state index in [0.29, 0.717) is 18.4 Å². The van der Waals surface area contributed by atoms with Crippen LogP contribution in [0.25, 0.3) is 0 Å². The van der Waals surface area contributed by atoms with Gasteiger partial charge in [-0.15, -0.1) is 0 Å². The molecule has 0 radical (unpaired) electrons. The van der Waals surface area contributed by atoms with Crippen molar-refractivity contribution in [1.82, 2.24) is 15.1 Å². The monoisotopic (exact) mass is 335 g/mol. The van der Waals surface area contributed by atoms with Crippen LogP contribution >= 0.6 is 0 Å². The van der Waals surface area contributed by atoms with Crippen molar-refractivity contribution in [2.75, 3.05) is 39.3 Å². The van der Waals surface area contributed by atoms with Gasteiger partial charge in [0.1, 0.15) is 18.2 Å². The normalized spacial score (nSPS) is 20.6. The van der Waals surface area contributed by atoms with Crippen molar-refractivity contribution in [3.8, 4) is 5.75 Å². The Morgan fingerprint density at radius 2 is 1.92 bits per heavy atom. The lowest BCUT2D eigenvalue weighted by atomic mass is 10.2. The largest absolute Gasteiger partial charge is 0.492 e. The van der Waals surface area contributed by atoms with Crippen molar-refractivity contribution in [2.24, 2.45) is 0 Å². The highest BCUT2D eigenvalue weighted by Crippen LogP contribution is 2.19. The van der Waals surface area contributed by atoms with Crippen LogP contribution in [0.15, 0.2) is 24.3 Å². The lowest BCUT2D eigenvalue weighted by Gasteiger charge is -2.37. The molecule has 0 unspecified atom stereocenters. The van der Waals surface area contributed by atoms with Crippen molar-refractivity contribution in [3.05, 3.63) is 30.1 Å². The summed E-state index contributed by atoms with van der Waals surface area (Å²) in [6.45, 7) is 7.09. The predicted octanol–water partition coefficient (Wildman–Crippen LogP) is 1.49. The Balaban J connectivity index is 1.34. The standard InChI is InChI=1S/C18H26FN3O2/c1-14(18(23)20-16-4-5-16)22-10-8-21(9-11-22)12-13-24-17-6-2-15(19)3-7-17/h2-3,6-7,14,16H,4-5,8-13H2,1H3,(H,20,23)/t14-/m0/s1. The topological polar surface area (TPSA) is 44.8 Å². The first kappa shape index (κ1) is 17.2. The molecule has 2 fully saturated rings. The van der Waals surface area contributed by atoms with Crippen LogP contribution in [0.2, 0.25) is 0 Å². The maximum Gasteiger partial charge on any atom is 0.237 e. The first-order valence-corrected chi connectivity index (χ1v) is 8.77. The van der Waals surface area contributed by atoms with Gasteiger partial charge in [0.25, 0.3) is 0 Å². The number of ether oxygens (including phenoxy) is 1. The van der Waals surface area contributed by atoms with Crippen LogP contribution in [0.3, 0.4) is 0 Å². The minimum atomic E-state index is -0.252. The van der Waals surface area contributed by atoms with Crippen LogP contribution in [0, 0.1) is 5.82 Å². The van der Waals surface area contributed by atoms with Gasteiger partial charge in [0, 0.05) is 38.8 Å². The predicted molar refractivity (Wildman–Crippen MR) is 90.5 cm³/mol. The number of carbonyl (C=O) groups excluding carboxylic acids is 1. The van der Waals surface area contributed by atoms with Gasteiger partial charge in [0.05, 0.1) is 6.04 Å². The molecule has 3 rings (SSSR count). The van der Waals surface area contributed by atoms with E-state index in [1.54, 1.807) is 12.1 Å². The summed E-state index contributed by atoms with van der Waals surface area (Å²) < 4.78 is 18.5. The maximum absolute atomic E-state index is 12.8. The van der Waals surface area contributed by atoms with Crippen molar-refractivity contribution >= 4 is 5.91 Å². The van der Waals surface area contributed by atoms with Gasteiger partial charge < -0.3 is 10.1 Å². The maximum atomic E-state index is 12.8. The first-order valence-electron chi connectivity index (χ1n) is 8.77. The zero-order valence-corrected chi connectivity index (χ0v) is 14.2. The highest BCUT2D eigenvalue weighted by Gasteiger charge is 2.29. The molecule has 0 aromatic heterocycles. The Bertz CT molecular complexity index is 540. The SMILES string of the molecule is C[C@@H](C(=O)NC1CC1)N1CCN(CCOc2ccc(F)cc2)CC1. The van der Waals surface area contributed by atoms with Gasteiger partial charge >= 0.3 is 0 Å². The molecule has 1 saturated heterocycles. The molecule has 1 aromatic rings. The zero-order chi connectivity index (χ0) is 16.9. The molecule has 6 heteroatoms. The van der Waals surface area contributed by atoms with Crippen molar-refractivity contribution in [1.29, 1.82) is 0 Å². The number of amides is 1. The number of halogens is 1. The number of benzene rings is 1. The average molecular weight is 335 g/mol. The number of carbonyl (C=O) groups is 1. The summed E-state index contributed by atoms with van der Waals surface area (Å²) in [6.07, 6.45) is 2.25. The van der Waals surface area contributed by atoms with Gasteiger partial charge in [0.2, 0.25) is 5.91 Å². The number of piperazine rings is 1. The fraction of sp³-hybridized carbons (Fsp3) is 0.611. The van der Waals surface area contributed by atoms with Gasteiger partial charge in [0.15, 0.2) is 0 Å². The molecular formula is C18H26FN3O2. The fourth-order valence-electron chi connectivity index (χ4n) is 2.91. The summed E-state index contributed by atoms with van der Waals surface area (Å²) in [5, 5.41) is 3.08. The summed E-state index contributed by atoms with van der Waals surface area (Å²) in [5.41, 5.74) is 0. The molecule has 1 heterocycles. The highest BCUT2D eigenvalue weighted by atomic mass is 19.1. The van der Waals surface area contributed by atoms with E-state index >= 15 is 0 Å². The lowest BCUT2D eigenvalue weighted by Crippen LogP contribution is -2.54. The second-order valence-corrected chi connectivity index (χ2v) is 6.64. The number of rotatable bonds is 7. The van der Waals surface area contributed by atoms with Gasteiger partial charge in [-0.1, -0.05) is 0 Å². The molecule has 1 aliphatic carbocycles. The average Bonchev–Trinajstić information content (AvgIpc) is 3.40. The summed E-state index contributed by atoms with van der Waals surface area (Å²) in [6, 6.07) is 6.47. The van der Waals surface area contributed by atoms with Crippen LogP contribution < -0.4 is 10.1 Å². The van der Waals surface area contributed by atoms with E-state index in [0.717, 1.165) is 45.6 Å². The zero-order valence-electron chi connectivity index (χ0n) is 14.2. The van der Waals surface area contributed by atoms with Gasteiger partial charge in [-0.25, -0.2) is 4.39 Å². The fourth-order valence-corrected chi connectivity index (χ4v) is 2.91. The van der Waals surface area contributed by atoms with Gasteiger partial charge in [-0.05, 0) is 44.0 Å². The first-order chi connectivity index (χ1) is 11.6. The molecule has 2 aliphatic rings. The number of hydrogen-bond acceptors (Lipinski definition) is 4. The Labute approximate surface area is 142 Å². The smallest absolute Gasteiger partial charge is 0.237 e. The van der Waals surface area contributed by atoms with Crippen LogP contribution in [0.4, 0.5) is 4.39 Å². The van der Waals surface area contributed by atoms with Crippen LogP contribution in [0.5, 0.6) is 5.75 Å². The molecule has 0 bridgehead atoms. The Morgan fingerprint density at radius 1 is 1.25 bits per heavy atom. The molecule has 24 heavy (non-hydrogen) atoms. The third-order valence-electron chi connectivity index (χ3n) is 4.75.